The summed E-state index contributed by atoms with van der Waals surface area (Å²) in [5, 5.41) is 11.2. The number of carbonyl (C=O) groups is 1. The maximum absolute atomic E-state index is 12.7. The molecule has 0 spiro atoms. The van der Waals surface area contributed by atoms with Gasteiger partial charge in [0.2, 0.25) is 5.69 Å². The third-order valence-corrected chi connectivity index (χ3v) is 17.2. The molecule has 4 aromatic carbocycles. The zero-order valence-corrected chi connectivity index (χ0v) is 42.3. The van der Waals surface area contributed by atoms with Gasteiger partial charge in [0.15, 0.2) is 5.71 Å². The summed E-state index contributed by atoms with van der Waals surface area (Å²) in [6, 6.07) is 25.1. The van der Waals surface area contributed by atoms with Crippen LogP contribution in [0, 0.1) is 0 Å². The Kier molecular flexibility index (Phi) is 16.9. The van der Waals surface area contributed by atoms with Crippen molar-refractivity contribution >= 4 is 69.7 Å². The number of benzene rings is 4. The Bertz CT molecular complexity index is 2780. The van der Waals surface area contributed by atoms with Gasteiger partial charge >= 0.3 is 44.7 Å². The third-order valence-electron chi connectivity index (χ3n) is 12.5. The van der Waals surface area contributed by atoms with Crippen molar-refractivity contribution in [3.63, 3.8) is 0 Å². The van der Waals surface area contributed by atoms with Crippen LogP contribution in [0.5, 0.6) is 0 Å². The number of rotatable bonds is 20. The molecular weight excluding hydrogens is 898 g/mol. The van der Waals surface area contributed by atoms with Crippen molar-refractivity contribution in [1.82, 2.24) is 0 Å². The predicted molar refractivity (Wildman–Crippen MR) is 254 cm³/mol. The van der Waals surface area contributed by atoms with Crippen LogP contribution in [0.15, 0.2) is 121 Å². The van der Waals surface area contributed by atoms with E-state index >= 15 is 0 Å². The van der Waals surface area contributed by atoms with Crippen molar-refractivity contribution in [3.8, 4) is 0 Å². The SMILES string of the molecule is CC1(C)C(/C=C/C=C/C=C/C=C2/N(CCCCC(=O)CCCC(O)(P(=O)(O)O)P(=O)(O)O)c3ccc4ccccc4c3C2(C)C)=[N+](CCCCS(=O)(=O)O)c2ccc3ccccc3c21.[Na+]. The van der Waals surface area contributed by atoms with Gasteiger partial charge in [0.05, 0.1) is 11.2 Å². The van der Waals surface area contributed by atoms with Crippen molar-refractivity contribution in [1.29, 1.82) is 0 Å². The summed E-state index contributed by atoms with van der Waals surface area (Å²) < 4.78 is 57.8. The fourth-order valence-electron chi connectivity index (χ4n) is 9.29. The molecule has 0 atom stereocenters. The van der Waals surface area contributed by atoms with Crippen molar-refractivity contribution in [2.45, 2.75) is 95.0 Å². The average molecular weight is 957 g/mol. The Labute approximate surface area is 403 Å². The Hall–Kier alpha value is -3.33. The number of anilines is 1. The number of hydrogen-bond donors (Lipinski definition) is 6. The van der Waals surface area contributed by atoms with Crippen LogP contribution >= 0.6 is 15.2 Å². The second-order valence-electron chi connectivity index (χ2n) is 17.7. The first-order valence-corrected chi connectivity index (χ1v) is 26.3. The molecule has 2 heterocycles. The Morgan fingerprint density at radius 1 is 0.723 bits per heavy atom. The molecule has 2 aliphatic rings. The monoisotopic (exact) mass is 956 g/mol. The number of carbonyl (C=O) groups excluding carboxylic acids is 1. The number of fused-ring (bicyclic) bond motifs is 6. The molecule has 342 valence electrons. The number of aliphatic hydroxyl groups is 1. The Morgan fingerprint density at radius 2 is 1.29 bits per heavy atom. The summed E-state index contributed by atoms with van der Waals surface area (Å²) in [5.41, 5.74) is 6.04. The molecule has 0 radical (unpaired) electrons. The second kappa shape index (κ2) is 20.9. The van der Waals surface area contributed by atoms with Crippen molar-refractivity contribution in [2.24, 2.45) is 0 Å². The van der Waals surface area contributed by atoms with Crippen LogP contribution < -0.4 is 34.5 Å². The van der Waals surface area contributed by atoms with Gasteiger partial charge in [0.25, 0.3) is 15.2 Å². The largest absolute Gasteiger partial charge is 1.00 e. The topological polar surface area (TPSA) is 213 Å². The molecule has 0 aliphatic carbocycles. The molecule has 0 amide bonds. The minimum absolute atomic E-state index is 0. The Balaban J connectivity index is 0.00000793. The van der Waals surface area contributed by atoms with E-state index in [1.165, 1.54) is 16.5 Å². The van der Waals surface area contributed by atoms with Crippen LogP contribution in [0.2, 0.25) is 0 Å². The minimum Gasteiger partial charge on any atom is -0.368 e. The Morgan fingerprint density at radius 3 is 1.92 bits per heavy atom. The van der Waals surface area contributed by atoms with Gasteiger partial charge in [-0.1, -0.05) is 98.8 Å². The quantitative estimate of drug-likeness (QED) is 0.0144. The summed E-state index contributed by atoms with van der Waals surface area (Å²) >= 11 is 0. The molecule has 17 heteroatoms. The van der Waals surface area contributed by atoms with E-state index in [0.29, 0.717) is 38.8 Å². The van der Waals surface area contributed by atoms with Crippen molar-refractivity contribution in [2.75, 3.05) is 23.7 Å². The number of allylic oxidation sites excluding steroid dienone is 8. The standard InChI is InChI=1S/C48H58N2O11P2S.Na/c1-46(2)42(25-8-6-5-7-9-26-43-47(3,4)45-39-24-13-11-20-36(39)28-30-41(45)50(43)33-16-17-34-64(59,60)61)49(40-29-27-35-19-10-12-23-38(35)44(40)46)32-15-14-21-37(51)22-18-31-48(52,62(53,54)55)63(56,57)58;/h5-13,19-20,23-30,52H,14-18,21-22,31-34H2,1-4H3,(H4-,53,54,55,56,57,58,59,60,61);/q;+1/p+1. The molecule has 4 aromatic rings. The normalized spacial score (nSPS) is 17.0. The minimum atomic E-state index is -5.58. The van der Waals surface area contributed by atoms with E-state index in [0.717, 1.165) is 38.9 Å². The van der Waals surface area contributed by atoms with Gasteiger partial charge in [0, 0.05) is 66.7 Å². The maximum Gasteiger partial charge on any atom is 1.00 e. The van der Waals surface area contributed by atoms with Gasteiger partial charge in [-0.2, -0.15) is 13.0 Å². The van der Waals surface area contributed by atoms with E-state index in [-0.39, 0.29) is 71.2 Å². The van der Waals surface area contributed by atoms with Crippen molar-refractivity contribution < 1.29 is 85.7 Å². The first-order chi connectivity index (χ1) is 30.0. The maximum atomic E-state index is 12.7. The van der Waals surface area contributed by atoms with Gasteiger partial charge in [-0.25, -0.2) is 0 Å². The van der Waals surface area contributed by atoms with E-state index in [9.17, 15) is 51.6 Å². The molecular formula is C48H59N2NaO11P2S+2. The molecule has 0 fully saturated rings. The number of hydrogen-bond acceptors (Lipinski definition) is 7. The fourth-order valence-corrected chi connectivity index (χ4v) is 12.1. The molecule has 6 rings (SSSR count). The molecule has 0 saturated carbocycles. The fraction of sp³-hybridized carbons (Fsp3) is 0.375. The van der Waals surface area contributed by atoms with E-state index in [2.05, 4.69) is 97.9 Å². The predicted octanol–water partition coefficient (Wildman–Crippen LogP) is 6.30. The molecule has 6 N–H and O–H groups in total. The average Bonchev–Trinajstić information content (AvgIpc) is 3.57. The van der Waals surface area contributed by atoms with Gasteiger partial charge in [0.1, 0.15) is 12.3 Å². The van der Waals surface area contributed by atoms with E-state index in [1.807, 2.05) is 54.6 Å². The smallest absolute Gasteiger partial charge is 0.368 e. The van der Waals surface area contributed by atoms with E-state index in [4.69, 9.17) is 0 Å². The van der Waals surface area contributed by atoms with Gasteiger partial charge in [-0.3, -0.25) is 18.5 Å². The van der Waals surface area contributed by atoms with Crippen molar-refractivity contribution in [3.05, 3.63) is 132 Å². The van der Waals surface area contributed by atoms with Gasteiger partial charge < -0.3 is 29.6 Å². The first-order valence-electron chi connectivity index (χ1n) is 21.5. The zero-order chi connectivity index (χ0) is 46.7. The van der Waals surface area contributed by atoms with Crippen LogP contribution in [0.1, 0.15) is 90.2 Å². The van der Waals surface area contributed by atoms with E-state index in [1.54, 1.807) is 0 Å². The third kappa shape index (κ3) is 11.5. The molecule has 0 bridgehead atoms. The van der Waals surface area contributed by atoms with Gasteiger partial charge in [-0.15, -0.1) is 0 Å². The van der Waals surface area contributed by atoms with Gasteiger partial charge in [-0.05, 0) is 84.8 Å². The van der Waals surface area contributed by atoms with Crippen LogP contribution in [0.25, 0.3) is 21.5 Å². The van der Waals surface area contributed by atoms with Crippen LogP contribution in [-0.2, 0) is 34.9 Å². The summed E-state index contributed by atoms with van der Waals surface area (Å²) in [5.74, 6) is -0.513. The second-order valence-corrected chi connectivity index (χ2v) is 23.3. The number of unbranched alkanes of at least 4 members (excludes halogenated alkanes) is 2. The molecule has 0 unspecified atom stereocenters. The summed E-state index contributed by atoms with van der Waals surface area (Å²) in [4.78, 5) is 52.6. The van der Waals surface area contributed by atoms with E-state index < -0.39 is 36.8 Å². The summed E-state index contributed by atoms with van der Waals surface area (Å²) in [7, 11) is -15.2. The molecule has 0 aromatic heterocycles. The molecule has 13 nitrogen and oxygen atoms in total. The first kappa shape index (κ1) is 52.6. The molecule has 0 saturated heterocycles. The number of ketones is 1. The molecule has 2 aliphatic heterocycles. The summed E-state index contributed by atoms with van der Waals surface area (Å²) in [6.07, 6.45) is 15.0. The van der Waals surface area contributed by atoms with Crippen LogP contribution in [0.4, 0.5) is 11.4 Å². The van der Waals surface area contributed by atoms with Crippen LogP contribution in [0.3, 0.4) is 0 Å². The van der Waals surface area contributed by atoms with Crippen LogP contribution in [-0.4, -0.2) is 77.6 Å². The zero-order valence-electron chi connectivity index (χ0n) is 37.7. The summed E-state index contributed by atoms with van der Waals surface area (Å²) in [6.45, 7) is 10.0. The molecule has 65 heavy (non-hydrogen) atoms. The number of Topliss-reactive ketones (excluding diaryl/α,β-unsaturated/α-hetero) is 1. The number of nitrogens with zero attached hydrogens (tertiary/aromatic N) is 2.